The van der Waals surface area contributed by atoms with Crippen LogP contribution in [0.5, 0.6) is 5.75 Å². The molecule has 0 heterocycles. The standard InChI is InChI=1S/C22H28F2N2O2/c1-25-21(10-14-8-16(23)11-17(24)9-14)22(27)13-26-20-5-3-4-15-6-7-18(28-2)12-19(15)20/h6-9,11-12,20-22,25-27H,3-5,10,13H2,1-2H3/t20?,21-,22+/m0/s1. The van der Waals surface area contributed by atoms with Crippen LogP contribution < -0.4 is 15.4 Å². The van der Waals surface area contributed by atoms with E-state index in [1.807, 2.05) is 6.07 Å². The summed E-state index contributed by atoms with van der Waals surface area (Å²) in [4.78, 5) is 0. The number of halogens is 2. The van der Waals surface area contributed by atoms with E-state index in [1.165, 1.54) is 23.3 Å². The molecular formula is C22H28F2N2O2. The first-order chi connectivity index (χ1) is 13.5. The molecule has 152 valence electrons. The molecule has 1 aliphatic rings. The molecule has 28 heavy (non-hydrogen) atoms. The van der Waals surface area contributed by atoms with Gasteiger partial charge in [0.15, 0.2) is 0 Å². The SMILES string of the molecule is CN[C@@H](Cc1cc(F)cc(F)c1)[C@H](O)CNC1CCCc2ccc(OC)cc21. The second-order valence-corrected chi connectivity index (χ2v) is 7.36. The van der Waals surface area contributed by atoms with Crippen LogP contribution in [-0.2, 0) is 12.8 Å². The molecule has 3 N–H and O–H groups in total. The number of fused-ring (bicyclic) bond motifs is 1. The average molecular weight is 390 g/mol. The molecule has 3 rings (SSSR count). The van der Waals surface area contributed by atoms with Gasteiger partial charge in [0.05, 0.1) is 13.2 Å². The van der Waals surface area contributed by atoms with Crippen LogP contribution in [0.15, 0.2) is 36.4 Å². The van der Waals surface area contributed by atoms with Crippen LogP contribution in [0.1, 0.15) is 35.6 Å². The maximum atomic E-state index is 13.4. The number of hydrogen-bond acceptors (Lipinski definition) is 4. The van der Waals surface area contributed by atoms with Gasteiger partial charge in [-0.05, 0) is 73.7 Å². The van der Waals surface area contributed by atoms with Gasteiger partial charge in [-0.1, -0.05) is 6.07 Å². The monoisotopic (exact) mass is 390 g/mol. The Labute approximate surface area is 164 Å². The van der Waals surface area contributed by atoms with Crippen LogP contribution in [0.2, 0.25) is 0 Å². The molecule has 0 aliphatic heterocycles. The molecule has 1 aliphatic carbocycles. The lowest BCUT2D eigenvalue weighted by atomic mass is 9.87. The van der Waals surface area contributed by atoms with Crippen molar-refractivity contribution < 1.29 is 18.6 Å². The Morgan fingerprint density at radius 3 is 2.61 bits per heavy atom. The van der Waals surface area contributed by atoms with E-state index in [9.17, 15) is 13.9 Å². The predicted octanol–water partition coefficient (Wildman–Crippen LogP) is 3.13. The van der Waals surface area contributed by atoms with Crippen molar-refractivity contribution in [2.24, 2.45) is 0 Å². The van der Waals surface area contributed by atoms with Crippen molar-refractivity contribution in [1.29, 1.82) is 0 Å². The predicted molar refractivity (Wildman–Crippen MR) is 106 cm³/mol. The number of benzene rings is 2. The number of methoxy groups -OCH3 is 1. The summed E-state index contributed by atoms with van der Waals surface area (Å²) >= 11 is 0. The number of ether oxygens (including phenoxy) is 1. The summed E-state index contributed by atoms with van der Waals surface area (Å²) in [7, 11) is 3.40. The van der Waals surface area contributed by atoms with Crippen LogP contribution in [0.25, 0.3) is 0 Å². The van der Waals surface area contributed by atoms with Crippen molar-refractivity contribution in [1.82, 2.24) is 10.6 Å². The Balaban J connectivity index is 1.63. The van der Waals surface area contributed by atoms with Gasteiger partial charge in [-0.25, -0.2) is 8.78 Å². The summed E-state index contributed by atoms with van der Waals surface area (Å²) in [6.45, 7) is 0.380. The van der Waals surface area contributed by atoms with Gasteiger partial charge in [0.25, 0.3) is 0 Å². The average Bonchev–Trinajstić information content (AvgIpc) is 2.69. The van der Waals surface area contributed by atoms with E-state index in [2.05, 4.69) is 22.8 Å². The Morgan fingerprint density at radius 1 is 1.18 bits per heavy atom. The highest BCUT2D eigenvalue weighted by Crippen LogP contribution is 2.32. The van der Waals surface area contributed by atoms with E-state index < -0.39 is 17.7 Å². The zero-order valence-corrected chi connectivity index (χ0v) is 16.3. The molecule has 3 atom stereocenters. The van der Waals surface area contributed by atoms with Crippen LogP contribution >= 0.6 is 0 Å². The van der Waals surface area contributed by atoms with Crippen LogP contribution in [0.4, 0.5) is 8.78 Å². The zero-order chi connectivity index (χ0) is 20.1. The fraction of sp³-hybridized carbons (Fsp3) is 0.455. The van der Waals surface area contributed by atoms with Crippen LogP contribution in [0.3, 0.4) is 0 Å². The Bertz CT molecular complexity index is 780. The molecular weight excluding hydrogens is 362 g/mol. The smallest absolute Gasteiger partial charge is 0.126 e. The molecule has 4 nitrogen and oxygen atoms in total. The van der Waals surface area contributed by atoms with Gasteiger partial charge in [0, 0.05) is 24.7 Å². The van der Waals surface area contributed by atoms with Gasteiger partial charge in [-0.15, -0.1) is 0 Å². The maximum Gasteiger partial charge on any atom is 0.126 e. The number of nitrogens with one attached hydrogen (secondary N) is 2. The normalized spacial score (nSPS) is 18.4. The van der Waals surface area contributed by atoms with Gasteiger partial charge in [-0.3, -0.25) is 0 Å². The third-order valence-electron chi connectivity index (χ3n) is 5.45. The Morgan fingerprint density at radius 2 is 1.93 bits per heavy atom. The van der Waals surface area contributed by atoms with Crippen molar-refractivity contribution >= 4 is 0 Å². The third-order valence-corrected chi connectivity index (χ3v) is 5.45. The number of aliphatic hydroxyl groups is 1. The van der Waals surface area contributed by atoms with Crippen molar-refractivity contribution in [2.75, 3.05) is 20.7 Å². The molecule has 0 bridgehead atoms. The number of likely N-dealkylation sites (N-methyl/N-ethyl adjacent to an activating group) is 1. The Hall–Kier alpha value is -2.02. The van der Waals surface area contributed by atoms with Crippen LogP contribution in [-0.4, -0.2) is 38.0 Å². The lowest BCUT2D eigenvalue weighted by Gasteiger charge is -2.30. The first-order valence-corrected chi connectivity index (χ1v) is 9.70. The minimum Gasteiger partial charge on any atom is -0.497 e. The van der Waals surface area contributed by atoms with Gasteiger partial charge < -0.3 is 20.5 Å². The van der Waals surface area contributed by atoms with Crippen LogP contribution in [0, 0.1) is 11.6 Å². The van der Waals surface area contributed by atoms with E-state index in [-0.39, 0.29) is 12.1 Å². The molecule has 1 unspecified atom stereocenters. The van der Waals surface area contributed by atoms with Crippen molar-refractivity contribution in [3.63, 3.8) is 0 Å². The second kappa shape index (κ2) is 9.45. The highest BCUT2D eigenvalue weighted by Gasteiger charge is 2.24. The summed E-state index contributed by atoms with van der Waals surface area (Å²) in [6, 6.07) is 9.43. The molecule has 2 aromatic carbocycles. The van der Waals surface area contributed by atoms with Gasteiger partial charge in [-0.2, -0.15) is 0 Å². The number of aryl methyl sites for hydroxylation is 1. The minimum atomic E-state index is -0.702. The molecule has 0 saturated heterocycles. The van der Waals surface area contributed by atoms with E-state index in [0.717, 1.165) is 31.1 Å². The maximum absolute atomic E-state index is 13.4. The summed E-state index contributed by atoms with van der Waals surface area (Å²) in [5, 5.41) is 17.2. The largest absolute Gasteiger partial charge is 0.497 e. The fourth-order valence-electron chi connectivity index (χ4n) is 3.93. The molecule has 0 radical (unpaired) electrons. The summed E-state index contributed by atoms with van der Waals surface area (Å²) in [5.41, 5.74) is 3.04. The topological polar surface area (TPSA) is 53.5 Å². The molecule has 0 fully saturated rings. The van der Waals surface area contributed by atoms with Crippen molar-refractivity contribution in [3.05, 3.63) is 64.7 Å². The number of hydrogen-bond donors (Lipinski definition) is 3. The van der Waals surface area contributed by atoms with E-state index in [4.69, 9.17) is 4.74 Å². The highest BCUT2D eigenvalue weighted by molar-refractivity contribution is 5.39. The van der Waals surface area contributed by atoms with E-state index >= 15 is 0 Å². The molecule has 6 heteroatoms. The van der Waals surface area contributed by atoms with Crippen molar-refractivity contribution in [3.8, 4) is 5.75 Å². The Kier molecular flexibility index (Phi) is 6.99. The first kappa shape index (κ1) is 20.7. The summed E-state index contributed by atoms with van der Waals surface area (Å²) in [5.74, 6) is -0.385. The van der Waals surface area contributed by atoms with Crippen molar-refractivity contribution in [2.45, 2.75) is 43.9 Å². The minimum absolute atomic E-state index is 0.151. The molecule has 0 aromatic heterocycles. The third kappa shape index (κ3) is 5.07. The van der Waals surface area contributed by atoms with E-state index in [0.29, 0.717) is 18.5 Å². The highest BCUT2D eigenvalue weighted by atomic mass is 19.1. The van der Waals surface area contributed by atoms with Gasteiger partial charge >= 0.3 is 0 Å². The quantitative estimate of drug-likeness (QED) is 0.648. The molecule has 2 aromatic rings. The lowest BCUT2D eigenvalue weighted by molar-refractivity contribution is 0.124. The molecule has 0 saturated carbocycles. The lowest BCUT2D eigenvalue weighted by Crippen LogP contribution is -2.46. The summed E-state index contributed by atoms with van der Waals surface area (Å²) in [6.07, 6.45) is 2.76. The van der Waals surface area contributed by atoms with Gasteiger partial charge in [0.2, 0.25) is 0 Å². The molecule has 0 spiro atoms. The number of rotatable bonds is 8. The van der Waals surface area contributed by atoms with Gasteiger partial charge in [0.1, 0.15) is 17.4 Å². The fourth-order valence-corrected chi connectivity index (χ4v) is 3.93. The zero-order valence-electron chi connectivity index (χ0n) is 16.3. The second-order valence-electron chi connectivity index (χ2n) is 7.36. The first-order valence-electron chi connectivity index (χ1n) is 9.70. The summed E-state index contributed by atoms with van der Waals surface area (Å²) < 4.78 is 32.2. The van der Waals surface area contributed by atoms with E-state index in [1.54, 1.807) is 14.2 Å². The molecule has 0 amide bonds. The number of aliphatic hydroxyl groups excluding tert-OH is 1.